The summed E-state index contributed by atoms with van der Waals surface area (Å²) in [6.45, 7) is 8.73. The number of hydrogen-bond donors (Lipinski definition) is 2. The quantitative estimate of drug-likeness (QED) is 0.803. The molecule has 1 rings (SSSR count). The molecule has 0 aromatic carbocycles. The van der Waals surface area contributed by atoms with E-state index in [1.54, 1.807) is 7.11 Å². The van der Waals surface area contributed by atoms with Gasteiger partial charge >= 0.3 is 6.09 Å². The molecule has 1 unspecified atom stereocenters. The van der Waals surface area contributed by atoms with Crippen LogP contribution in [0.2, 0.25) is 0 Å². The minimum atomic E-state index is -0.455. The van der Waals surface area contributed by atoms with Gasteiger partial charge in [-0.1, -0.05) is 0 Å². The number of hydrogen-bond acceptors (Lipinski definition) is 4. The summed E-state index contributed by atoms with van der Waals surface area (Å²) in [5.41, 5.74) is -0.465. The van der Waals surface area contributed by atoms with Crippen molar-refractivity contribution in [3.8, 4) is 0 Å². The summed E-state index contributed by atoms with van der Waals surface area (Å²) in [4.78, 5) is 11.7. The van der Waals surface area contributed by atoms with Gasteiger partial charge in [-0.2, -0.15) is 0 Å². The minimum absolute atomic E-state index is 0.0100. The van der Waals surface area contributed by atoms with Crippen LogP contribution in [0.1, 0.15) is 33.6 Å². The van der Waals surface area contributed by atoms with Crippen LogP contribution in [0.3, 0.4) is 0 Å². The zero-order valence-electron chi connectivity index (χ0n) is 12.0. The first kappa shape index (κ1) is 15.2. The van der Waals surface area contributed by atoms with Crippen LogP contribution in [0, 0.1) is 5.41 Å². The molecule has 5 nitrogen and oxygen atoms in total. The molecule has 1 heterocycles. The first-order valence-electron chi connectivity index (χ1n) is 6.53. The van der Waals surface area contributed by atoms with Gasteiger partial charge in [0.2, 0.25) is 0 Å². The first-order valence-corrected chi connectivity index (χ1v) is 6.53. The number of piperidine rings is 1. The number of nitrogens with one attached hydrogen (secondary N) is 2. The Balaban J connectivity index is 2.44. The van der Waals surface area contributed by atoms with Crippen molar-refractivity contribution in [1.82, 2.24) is 10.6 Å². The summed E-state index contributed by atoms with van der Waals surface area (Å²) in [6, 6.07) is 0. The second kappa shape index (κ2) is 6.38. The smallest absolute Gasteiger partial charge is 0.407 e. The van der Waals surface area contributed by atoms with E-state index in [-0.39, 0.29) is 11.5 Å². The number of amides is 1. The summed E-state index contributed by atoms with van der Waals surface area (Å²) >= 11 is 0. The summed E-state index contributed by atoms with van der Waals surface area (Å²) in [5, 5.41) is 6.21. The molecule has 1 aliphatic heterocycles. The van der Waals surface area contributed by atoms with Crippen molar-refractivity contribution in [3.05, 3.63) is 0 Å². The largest absolute Gasteiger partial charge is 0.444 e. The predicted octanol–water partition coefficient (Wildman–Crippen LogP) is 1.53. The Labute approximate surface area is 110 Å². The van der Waals surface area contributed by atoms with Crippen LogP contribution in [0.15, 0.2) is 0 Å². The van der Waals surface area contributed by atoms with Crippen LogP contribution >= 0.6 is 0 Å². The molecule has 0 aromatic rings. The maximum absolute atomic E-state index is 11.7. The van der Waals surface area contributed by atoms with Crippen LogP contribution in [0.4, 0.5) is 4.79 Å². The Kier molecular flexibility index (Phi) is 5.41. The molecule has 0 aromatic heterocycles. The van der Waals surface area contributed by atoms with E-state index in [1.807, 2.05) is 20.8 Å². The summed E-state index contributed by atoms with van der Waals surface area (Å²) in [5.74, 6) is 0. The van der Waals surface area contributed by atoms with E-state index in [9.17, 15) is 4.79 Å². The van der Waals surface area contributed by atoms with Gasteiger partial charge in [0, 0.05) is 25.6 Å². The summed E-state index contributed by atoms with van der Waals surface area (Å²) in [6.07, 6.45) is 1.81. The van der Waals surface area contributed by atoms with Crippen molar-refractivity contribution < 1.29 is 14.3 Å². The minimum Gasteiger partial charge on any atom is -0.444 e. The van der Waals surface area contributed by atoms with Gasteiger partial charge in [0.1, 0.15) is 5.60 Å². The van der Waals surface area contributed by atoms with E-state index in [0.29, 0.717) is 13.2 Å². The Morgan fingerprint density at radius 2 is 2.17 bits per heavy atom. The lowest BCUT2D eigenvalue weighted by molar-refractivity contribution is 0.0361. The molecule has 106 valence electrons. The van der Waals surface area contributed by atoms with Crippen molar-refractivity contribution in [2.75, 3.05) is 33.4 Å². The van der Waals surface area contributed by atoms with Gasteiger partial charge in [0.05, 0.1) is 6.61 Å². The molecule has 0 radical (unpaired) electrons. The molecular weight excluding hydrogens is 232 g/mol. The monoisotopic (exact) mass is 258 g/mol. The van der Waals surface area contributed by atoms with E-state index < -0.39 is 5.60 Å². The van der Waals surface area contributed by atoms with Gasteiger partial charge in [-0.25, -0.2) is 4.79 Å². The Morgan fingerprint density at radius 1 is 1.44 bits per heavy atom. The zero-order valence-corrected chi connectivity index (χ0v) is 12.0. The number of carbonyl (C=O) groups is 1. The number of rotatable bonds is 4. The van der Waals surface area contributed by atoms with Gasteiger partial charge in [-0.15, -0.1) is 0 Å². The van der Waals surface area contributed by atoms with Crippen LogP contribution in [-0.4, -0.2) is 45.0 Å². The average molecular weight is 258 g/mol. The SMILES string of the molecule is COCC1(CNC(=O)OC(C)(C)C)CCCNC1. The molecule has 1 atom stereocenters. The van der Waals surface area contributed by atoms with E-state index in [4.69, 9.17) is 9.47 Å². The van der Waals surface area contributed by atoms with Crippen LogP contribution in [0.25, 0.3) is 0 Å². The first-order chi connectivity index (χ1) is 8.37. The molecular formula is C13H26N2O3. The maximum Gasteiger partial charge on any atom is 0.407 e. The molecule has 2 N–H and O–H groups in total. The third kappa shape index (κ3) is 5.23. The third-order valence-corrected chi connectivity index (χ3v) is 3.02. The van der Waals surface area contributed by atoms with Gasteiger partial charge in [0.25, 0.3) is 0 Å². The van der Waals surface area contributed by atoms with Crippen LogP contribution < -0.4 is 10.6 Å². The number of alkyl carbamates (subject to hydrolysis) is 1. The lowest BCUT2D eigenvalue weighted by Gasteiger charge is -2.37. The van der Waals surface area contributed by atoms with E-state index in [0.717, 1.165) is 25.9 Å². The topological polar surface area (TPSA) is 59.6 Å². The highest BCUT2D eigenvalue weighted by atomic mass is 16.6. The highest BCUT2D eigenvalue weighted by Crippen LogP contribution is 2.25. The number of methoxy groups -OCH3 is 1. The fourth-order valence-electron chi connectivity index (χ4n) is 2.24. The average Bonchev–Trinajstić information content (AvgIpc) is 2.26. The second-order valence-electron chi connectivity index (χ2n) is 6.07. The van der Waals surface area contributed by atoms with E-state index in [2.05, 4.69) is 10.6 Å². The van der Waals surface area contributed by atoms with Gasteiger partial charge < -0.3 is 20.1 Å². The standard InChI is InChI=1S/C13H26N2O3/c1-12(2,3)18-11(16)15-9-13(10-17-4)6-5-7-14-8-13/h14H,5-10H2,1-4H3,(H,15,16). The lowest BCUT2D eigenvalue weighted by Crippen LogP contribution is -2.50. The molecule has 5 heteroatoms. The highest BCUT2D eigenvalue weighted by molar-refractivity contribution is 5.67. The third-order valence-electron chi connectivity index (χ3n) is 3.02. The maximum atomic E-state index is 11.7. The van der Waals surface area contributed by atoms with Crippen molar-refractivity contribution in [1.29, 1.82) is 0 Å². The van der Waals surface area contributed by atoms with Crippen molar-refractivity contribution in [3.63, 3.8) is 0 Å². The molecule has 1 amide bonds. The molecule has 1 saturated heterocycles. The summed E-state index contributed by atoms with van der Waals surface area (Å²) in [7, 11) is 1.70. The van der Waals surface area contributed by atoms with E-state index >= 15 is 0 Å². The van der Waals surface area contributed by atoms with Crippen LogP contribution in [-0.2, 0) is 9.47 Å². The molecule has 0 saturated carbocycles. The van der Waals surface area contributed by atoms with Gasteiger partial charge in [-0.05, 0) is 40.2 Å². The molecule has 1 fully saturated rings. The van der Waals surface area contributed by atoms with E-state index in [1.165, 1.54) is 0 Å². The fraction of sp³-hybridized carbons (Fsp3) is 0.923. The lowest BCUT2D eigenvalue weighted by atomic mass is 9.81. The molecule has 0 aliphatic carbocycles. The van der Waals surface area contributed by atoms with Gasteiger partial charge in [-0.3, -0.25) is 0 Å². The van der Waals surface area contributed by atoms with Crippen molar-refractivity contribution in [2.24, 2.45) is 5.41 Å². The molecule has 18 heavy (non-hydrogen) atoms. The predicted molar refractivity (Wildman–Crippen MR) is 70.6 cm³/mol. The fourth-order valence-corrected chi connectivity index (χ4v) is 2.24. The zero-order chi connectivity index (χ0) is 13.6. The Hall–Kier alpha value is -0.810. The number of ether oxygens (including phenoxy) is 2. The summed E-state index contributed by atoms with van der Waals surface area (Å²) < 4.78 is 10.5. The molecule has 1 aliphatic rings. The van der Waals surface area contributed by atoms with Crippen molar-refractivity contribution in [2.45, 2.75) is 39.2 Å². The second-order valence-corrected chi connectivity index (χ2v) is 6.07. The van der Waals surface area contributed by atoms with Gasteiger partial charge in [0.15, 0.2) is 0 Å². The molecule has 0 spiro atoms. The normalized spacial score (nSPS) is 24.7. The highest BCUT2D eigenvalue weighted by Gasteiger charge is 2.33. The Morgan fingerprint density at radius 3 is 2.67 bits per heavy atom. The number of carbonyl (C=O) groups excluding carboxylic acids is 1. The van der Waals surface area contributed by atoms with Crippen molar-refractivity contribution >= 4 is 6.09 Å². The Bertz CT molecular complexity index is 262. The van der Waals surface area contributed by atoms with Crippen LogP contribution in [0.5, 0.6) is 0 Å². The molecule has 0 bridgehead atoms.